The number of nitrogens with one attached hydrogen (secondary N) is 1. The van der Waals surface area contributed by atoms with Gasteiger partial charge >= 0.3 is 5.97 Å². The number of nitrogens with zero attached hydrogens (tertiary/aromatic N) is 1. The van der Waals surface area contributed by atoms with Crippen molar-refractivity contribution in [2.24, 2.45) is 0 Å². The summed E-state index contributed by atoms with van der Waals surface area (Å²) in [5, 5.41) is 56.8. The molecule has 0 saturated heterocycles. The van der Waals surface area contributed by atoms with E-state index in [1.807, 2.05) is 12.1 Å². The van der Waals surface area contributed by atoms with Crippen LogP contribution in [0.1, 0.15) is 89.8 Å². The van der Waals surface area contributed by atoms with E-state index in [-0.39, 0.29) is 12.5 Å². The van der Waals surface area contributed by atoms with Gasteiger partial charge in [0.05, 0.1) is 18.3 Å². The number of likely N-dealkylation sites (N-methyl/N-ethyl adjacent to an activating group) is 1. The predicted molar refractivity (Wildman–Crippen MR) is 192 cm³/mol. The molecule has 0 aliphatic rings. The Bertz CT molecular complexity index is 1520. The first-order valence-corrected chi connectivity index (χ1v) is 17.0. The van der Waals surface area contributed by atoms with Crippen LogP contribution in [0.25, 0.3) is 0 Å². The zero-order valence-electron chi connectivity index (χ0n) is 29.1. The molecule has 0 fully saturated rings. The number of unbranched alkanes of at least 4 members (excludes halogenated alkanes) is 4. The summed E-state index contributed by atoms with van der Waals surface area (Å²) in [5.74, 6) is 3.86. The number of carboxylic acids is 1. The molecule has 0 radical (unpaired) electrons. The summed E-state index contributed by atoms with van der Waals surface area (Å²) in [5.41, 5.74) is 3.41. The number of aromatic carboxylic acids is 1. The minimum atomic E-state index is -1.55. The molecule has 4 atom stereocenters. The molecule has 3 rings (SSSR count). The van der Waals surface area contributed by atoms with E-state index < -0.39 is 48.4 Å². The van der Waals surface area contributed by atoms with Crippen LogP contribution < -0.4 is 10.2 Å². The second-order valence-corrected chi connectivity index (χ2v) is 12.0. The number of amides is 1. The SMILES string of the molecule is CCCCCCN(C(=O)c1ccc(C#Cc2ccc(CCCC)cc2)cc1)c1ccc(F)c(C(=O)O)c1.CNC[C@H](O)[C@@H](O)[C@H](O)[C@H](O)CO. The number of hydrogen-bond donors (Lipinski definition) is 7. The first-order valence-electron chi connectivity index (χ1n) is 17.0. The van der Waals surface area contributed by atoms with Gasteiger partial charge in [-0.15, -0.1) is 0 Å². The Labute approximate surface area is 294 Å². The Balaban J connectivity index is 0.000000565. The number of carboxylic acid groups (broad SMARTS) is 1. The quantitative estimate of drug-likeness (QED) is 0.0811. The lowest BCUT2D eigenvalue weighted by Crippen LogP contribution is -2.48. The molecular formula is C39H51FN2O8. The Hall–Kier alpha value is -4.15. The van der Waals surface area contributed by atoms with E-state index in [1.165, 1.54) is 35.4 Å². The van der Waals surface area contributed by atoms with Gasteiger partial charge in [0, 0.05) is 35.5 Å². The minimum absolute atomic E-state index is 0.0936. The standard InChI is InChI=1S/C32H34FNO3.C7H17NO5/c1-3-5-7-8-22-34(28-20-21-30(33)29(23-28)32(36)37)31(35)27-18-16-26(17-19-27)15-14-25-12-10-24(11-13-25)9-6-4-2;1-8-2-4(10)6(12)7(13)5(11)3-9/h10-13,16-21,23H,3-9,22H2,1-2H3,(H,36,37);4-13H,2-3H2,1H3/t;4-,5+,6+,7+/m.0/s1. The highest BCUT2D eigenvalue weighted by Crippen LogP contribution is 2.23. The normalized spacial score (nSPS) is 13.1. The van der Waals surface area contributed by atoms with Gasteiger partial charge in [0.1, 0.15) is 24.1 Å². The van der Waals surface area contributed by atoms with Crippen LogP contribution in [0.15, 0.2) is 66.7 Å². The van der Waals surface area contributed by atoms with Crippen molar-refractivity contribution in [2.75, 3.05) is 31.6 Å². The molecule has 3 aromatic rings. The Morgan fingerprint density at radius 2 is 1.38 bits per heavy atom. The van der Waals surface area contributed by atoms with Crippen LogP contribution in [0.4, 0.5) is 10.1 Å². The molecule has 0 aliphatic carbocycles. The van der Waals surface area contributed by atoms with Gasteiger partial charge in [-0.3, -0.25) is 4.79 Å². The summed E-state index contributed by atoms with van der Waals surface area (Å²) < 4.78 is 14.0. The zero-order chi connectivity index (χ0) is 37.1. The number of hydrogen-bond acceptors (Lipinski definition) is 8. The molecule has 0 heterocycles. The largest absolute Gasteiger partial charge is 0.478 e. The average Bonchev–Trinajstić information content (AvgIpc) is 3.13. The van der Waals surface area contributed by atoms with Gasteiger partial charge in [-0.05, 0) is 86.5 Å². The molecule has 0 saturated carbocycles. The third-order valence-corrected chi connectivity index (χ3v) is 7.97. The fraction of sp³-hybridized carbons (Fsp3) is 0.436. The first kappa shape index (κ1) is 42.0. The molecule has 7 N–H and O–H groups in total. The summed E-state index contributed by atoms with van der Waals surface area (Å²) in [7, 11) is 1.57. The summed E-state index contributed by atoms with van der Waals surface area (Å²) >= 11 is 0. The van der Waals surface area contributed by atoms with E-state index >= 15 is 0 Å². The van der Waals surface area contributed by atoms with Crippen LogP contribution in [0.5, 0.6) is 0 Å². The number of aliphatic hydroxyl groups is 5. The number of anilines is 1. The van der Waals surface area contributed by atoms with Gasteiger partial charge in [-0.1, -0.05) is 63.5 Å². The highest BCUT2D eigenvalue weighted by Gasteiger charge is 2.29. The van der Waals surface area contributed by atoms with E-state index in [2.05, 4.69) is 43.1 Å². The van der Waals surface area contributed by atoms with Crippen molar-refractivity contribution in [1.82, 2.24) is 5.32 Å². The first-order chi connectivity index (χ1) is 24.0. The van der Waals surface area contributed by atoms with Crippen LogP contribution in [0.2, 0.25) is 0 Å². The summed E-state index contributed by atoms with van der Waals surface area (Å²) in [4.78, 5) is 26.4. The van der Waals surface area contributed by atoms with Crippen molar-refractivity contribution in [1.29, 1.82) is 0 Å². The maximum absolute atomic E-state index is 14.0. The zero-order valence-corrected chi connectivity index (χ0v) is 29.1. The monoisotopic (exact) mass is 694 g/mol. The lowest BCUT2D eigenvalue weighted by Gasteiger charge is -2.25. The molecule has 0 unspecified atom stereocenters. The molecule has 3 aromatic carbocycles. The highest BCUT2D eigenvalue weighted by molar-refractivity contribution is 6.06. The molecular weight excluding hydrogens is 643 g/mol. The average molecular weight is 695 g/mol. The van der Waals surface area contributed by atoms with Gasteiger partial charge in [-0.25, -0.2) is 9.18 Å². The van der Waals surface area contributed by atoms with Crippen molar-refractivity contribution in [3.8, 4) is 11.8 Å². The maximum atomic E-state index is 14.0. The molecule has 50 heavy (non-hydrogen) atoms. The lowest BCUT2D eigenvalue weighted by atomic mass is 10.0. The number of carbonyl (C=O) groups is 2. The van der Waals surface area contributed by atoms with Gasteiger partial charge < -0.3 is 40.9 Å². The van der Waals surface area contributed by atoms with E-state index in [4.69, 9.17) is 20.4 Å². The number of rotatable bonds is 17. The van der Waals surface area contributed by atoms with Crippen LogP contribution in [-0.4, -0.2) is 93.7 Å². The fourth-order valence-corrected chi connectivity index (χ4v) is 4.91. The molecule has 0 aromatic heterocycles. The second-order valence-electron chi connectivity index (χ2n) is 12.0. The van der Waals surface area contributed by atoms with Crippen LogP contribution >= 0.6 is 0 Å². The van der Waals surface area contributed by atoms with Gasteiger partial charge in [0.15, 0.2) is 0 Å². The van der Waals surface area contributed by atoms with E-state index in [9.17, 15) is 24.2 Å². The van der Waals surface area contributed by atoms with Crippen molar-refractivity contribution in [3.05, 3.63) is 100 Å². The fourth-order valence-electron chi connectivity index (χ4n) is 4.91. The van der Waals surface area contributed by atoms with Gasteiger partial charge in [0.25, 0.3) is 5.91 Å². The molecule has 10 nitrogen and oxygen atoms in total. The minimum Gasteiger partial charge on any atom is -0.478 e. The van der Waals surface area contributed by atoms with E-state index in [0.717, 1.165) is 49.3 Å². The van der Waals surface area contributed by atoms with Crippen LogP contribution in [-0.2, 0) is 6.42 Å². The number of benzene rings is 3. The molecule has 0 bridgehead atoms. The van der Waals surface area contributed by atoms with Crippen molar-refractivity contribution in [3.63, 3.8) is 0 Å². The van der Waals surface area contributed by atoms with Crippen LogP contribution in [0.3, 0.4) is 0 Å². The number of carbonyl (C=O) groups excluding carboxylic acids is 1. The number of halogens is 1. The summed E-state index contributed by atoms with van der Waals surface area (Å²) in [6, 6.07) is 19.1. The predicted octanol–water partition coefficient (Wildman–Crippen LogP) is 4.14. The van der Waals surface area contributed by atoms with Crippen molar-refractivity contribution in [2.45, 2.75) is 83.2 Å². The Kier molecular flexibility index (Phi) is 18.9. The number of aliphatic hydroxyl groups excluding tert-OH is 5. The highest BCUT2D eigenvalue weighted by atomic mass is 19.1. The van der Waals surface area contributed by atoms with Crippen LogP contribution in [0, 0.1) is 17.7 Å². The second kappa shape index (κ2) is 22.5. The number of aryl methyl sites for hydroxylation is 1. The summed E-state index contributed by atoms with van der Waals surface area (Å²) in [6.45, 7) is 4.14. The van der Waals surface area contributed by atoms with Gasteiger partial charge in [-0.2, -0.15) is 0 Å². The lowest BCUT2D eigenvalue weighted by molar-refractivity contribution is -0.113. The Morgan fingerprint density at radius 1 is 0.800 bits per heavy atom. The molecule has 1 amide bonds. The third-order valence-electron chi connectivity index (χ3n) is 7.97. The Morgan fingerprint density at radius 3 is 1.92 bits per heavy atom. The van der Waals surface area contributed by atoms with Crippen molar-refractivity contribution < 1.29 is 44.6 Å². The smallest absolute Gasteiger partial charge is 0.338 e. The van der Waals surface area contributed by atoms with E-state index in [0.29, 0.717) is 17.8 Å². The molecule has 0 spiro atoms. The van der Waals surface area contributed by atoms with Gasteiger partial charge in [0.2, 0.25) is 0 Å². The van der Waals surface area contributed by atoms with E-state index in [1.54, 1.807) is 31.3 Å². The third kappa shape index (κ3) is 13.6. The molecule has 11 heteroatoms. The molecule has 0 aliphatic heterocycles. The molecule has 272 valence electrons. The topological polar surface area (TPSA) is 171 Å². The van der Waals surface area contributed by atoms with Crippen molar-refractivity contribution >= 4 is 17.6 Å². The maximum Gasteiger partial charge on any atom is 0.338 e. The summed E-state index contributed by atoms with van der Waals surface area (Å²) in [6.07, 6.45) is 1.58.